The van der Waals surface area contributed by atoms with Crippen LogP contribution in [-0.2, 0) is 17.9 Å². The Balaban J connectivity index is 1.81. The van der Waals surface area contributed by atoms with Crippen LogP contribution in [0.4, 0.5) is 0 Å². The molecule has 0 spiro atoms. The number of nitrogens with zero attached hydrogens (tertiary/aromatic N) is 2. The molecule has 1 heterocycles. The molecule has 0 bridgehead atoms. The lowest BCUT2D eigenvalue weighted by atomic mass is 9.85. The van der Waals surface area contributed by atoms with Gasteiger partial charge in [-0.15, -0.1) is 0 Å². The molecule has 102 valence electrons. The van der Waals surface area contributed by atoms with E-state index in [0.29, 0.717) is 36.8 Å². The summed E-state index contributed by atoms with van der Waals surface area (Å²) >= 11 is 0. The van der Waals surface area contributed by atoms with Gasteiger partial charge in [0.2, 0.25) is 5.89 Å². The molecule has 18 heavy (non-hydrogen) atoms. The van der Waals surface area contributed by atoms with Crippen LogP contribution in [-0.4, -0.2) is 35.0 Å². The first-order valence-electron chi connectivity index (χ1n) is 6.48. The lowest BCUT2D eigenvalue weighted by Crippen LogP contribution is -2.39. The average molecular weight is 255 g/mol. The fourth-order valence-electron chi connectivity index (χ4n) is 2.46. The molecule has 2 atom stereocenters. The van der Waals surface area contributed by atoms with Gasteiger partial charge in [0.05, 0.1) is 6.54 Å². The van der Waals surface area contributed by atoms with Crippen LogP contribution in [0, 0.1) is 5.92 Å². The van der Waals surface area contributed by atoms with Crippen molar-refractivity contribution in [2.75, 3.05) is 13.7 Å². The molecule has 0 aromatic carbocycles. The Bertz CT molecular complexity index is 356. The summed E-state index contributed by atoms with van der Waals surface area (Å²) in [6, 6.07) is 0.349. The van der Waals surface area contributed by atoms with E-state index in [1.54, 1.807) is 7.11 Å². The smallest absolute Gasteiger partial charge is 0.240 e. The van der Waals surface area contributed by atoms with Gasteiger partial charge in [-0.25, -0.2) is 0 Å². The summed E-state index contributed by atoms with van der Waals surface area (Å²) in [6.45, 7) is 1.17. The largest absolute Gasteiger partial charge is 0.396 e. The Kier molecular flexibility index (Phi) is 5.10. The summed E-state index contributed by atoms with van der Waals surface area (Å²) in [5.41, 5.74) is 0. The van der Waals surface area contributed by atoms with Crippen LogP contribution < -0.4 is 5.32 Å². The monoisotopic (exact) mass is 255 g/mol. The Hall–Kier alpha value is -0.980. The highest BCUT2D eigenvalue weighted by atomic mass is 16.5. The van der Waals surface area contributed by atoms with Gasteiger partial charge in [0.15, 0.2) is 5.82 Å². The molecular formula is C12H21N3O3. The summed E-state index contributed by atoms with van der Waals surface area (Å²) in [5.74, 6) is 1.49. The zero-order chi connectivity index (χ0) is 12.8. The quantitative estimate of drug-likeness (QED) is 0.784. The van der Waals surface area contributed by atoms with E-state index in [1.807, 2.05) is 0 Å². The number of nitrogens with one attached hydrogen (secondary N) is 1. The van der Waals surface area contributed by atoms with Gasteiger partial charge < -0.3 is 19.7 Å². The van der Waals surface area contributed by atoms with Crippen molar-refractivity contribution in [1.82, 2.24) is 15.5 Å². The van der Waals surface area contributed by atoms with Crippen LogP contribution in [0.2, 0.25) is 0 Å². The topological polar surface area (TPSA) is 80.4 Å². The van der Waals surface area contributed by atoms with E-state index in [0.717, 1.165) is 12.8 Å². The molecule has 1 aliphatic rings. The molecule has 2 rings (SSSR count). The van der Waals surface area contributed by atoms with Crippen molar-refractivity contribution in [3.8, 4) is 0 Å². The van der Waals surface area contributed by atoms with Crippen molar-refractivity contribution in [2.24, 2.45) is 5.92 Å². The first kappa shape index (κ1) is 13.5. The number of methoxy groups -OCH3 is 1. The highest BCUT2D eigenvalue weighted by Gasteiger charge is 2.24. The molecule has 1 fully saturated rings. The van der Waals surface area contributed by atoms with Crippen molar-refractivity contribution in [3.05, 3.63) is 11.7 Å². The third-order valence-corrected chi connectivity index (χ3v) is 3.44. The van der Waals surface area contributed by atoms with E-state index in [9.17, 15) is 5.11 Å². The van der Waals surface area contributed by atoms with E-state index in [1.165, 1.54) is 12.8 Å². The number of aliphatic hydroxyl groups is 1. The molecule has 2 N–H and O–H groups in total. The highest BCUT2D eigenvalue weighted by molar-refractivity contribution is 4.87. The van der Waals surface area contributed by atoms with Crippen LogP contribution in [0.3, 0.4) is 0 Å². The summed E-state index contributed by atoms with van der Waals surface area (Å²) in [6.07, 6.45) is 4.62. The summed E-state index contributed by atoms with van der Waals surface area (Å²) in [7, 11) is 1.60. The van der Waals surface area contributed by atoms with Gasteiger partial charge in [-0.3, -0.25) is 0 Å². The molecule has 0 amide bonds. The van der Waals surface area contributed by atoms with Gasteiger partial charge in [-0.2, -0.15) is 4.98 Å². The van der Waals surface area contributed by atoms with Crippen LogP contribution in [0.5, 0.6) is 0 Å². The van der Waals surface area contributed by atoms with Crippen molar-refractivity contribution >= 4 is 0 Å². The number of hydrogen-bond acceptors (Lipinski definition) is 6. The van der Waals surface area contributed by atoms with Crippen LogP contribution >= 0.6 is 0 Å². The first-order chi connectivity index (χ1) is 8.83. The van der Waals surface area contributed by atoms with Gasteiger partial charge in [-0.1, -0.05) is 18.0 Å². The minimum Gasteiger partial charge on any atom is -0.396 e. The molecule has 0 unspecified atom stereocenters. The SMILES string of the molecule is COCc1noc(CN[C@@H]2CCCC[C@H]2CO)n1. The molecule has 6 nitrogen and oxygen atoms in total. The van der Waals surface area contributed by atoms with Crippen molar-refractivity contribution in [3.63, 3.8) is 0 Å². The normalized spacial score (nSPS) is 24.3. The predicted molar refractivity (Wildman–Crippen MR) is 64.7 cm³/mol. The van der Waals surface area contributed by atoms with E-state index < -0.39 is 0 Å². The van der Waals surface area contributed by atoms with Gasteiger partial charge in [-0.05, 0) is 18.8 Å². The first-order valence-corrected chi connectivity index (χ1v) is 6.48. The second kappa shape index (κ2) is 6.82. The van der Waals surface area contributed by atoms with Gasteiger partial charge in [0, 0.05) is 19.8 Å². The summed E-state index contributed by atoms with van der Waals surface area (Å²) < 4.78 is 10.0. The van der Waals surface area contributed by atoms with E-state index in [-0.39, 0.29) is 6.61 Å². The second-order valence-corrected chi connectivity index (χ2v) is 4.75. The predicted octanol–water partition coefficient (Wildman–Crippen LogP) is 0.857. The second-order valence-electron chi connectivity index (χ2n) is 4.75. The number of hydrogen-bond donors (Lipinski definition) is 2. The number of aromatic nitrogens is 2. The average Bonchev–Trinajstić information content (AvgIpc) is 2.85. The number of rotatable bonds is 6. The number of aliphatic hydroxyl groups excluding tert-OH is 1. The fourth-order valence-corrected chi connectivity index (χ4v) is 2.46. The van der Waals surface area contributed by atoms with Gasteiger partial charge >= 0.3 is 0 Å². The van der Waals surface area contributed by atoms with E-state index in [4.69, 9.17) is 9.26 Å². The Morgan fingerprint density at radius 2 is 2.28 bits per heavy atom. The highest BCUT2D eigenvalue weighted by Crippen LogP contribution is 2.24. The third-order valence-electron chi connectivity index (χ3n) is 3.44. The van der Waals surface area contributed by atoms with Gasteiger partial charge in [0.1, 0.15) is 6.61 Å². The molecular weight excluding hydrogens is 234 g/mol. The van der Waals surface area contributed by atoms with Crippen molar-refractivity contribution in [2.45, 2.75) is 44.9 Å². The van der Waals surface area contributed by atoms with E-state index >= 15 is 0 Å². The molecule has 0 saturated heterocycles. The maximum Gasteiger partial charge on any atom is 0.240 e. The Morgan fingerprint density at radius 1 is 1.44 bits per heavy atom. The Labute approximate surface area is 107 Å². The maximum absolute atomic E-state index is 9.32. The zero-order valence-electron chi connectivity index (χ0n) is 10.8. The fraction of sp³-hybridized carbons (Fsp3) is 0.833. The lowest BCUT2D eigenvalue weighted by molar-refractivity contribution is 0.150. The standard InChI is InChI=1S/C12H21N3O3/c1-17-8-11-14-12(18-15-11)6-13-10-5-3-2-4-9(10)7-16/h9-10,13,16H,2-8H2,1H3/t9-,10+/m0/s1. The molecule has 1 aromatic heterocycles. The van der Waals surface area contributed by atoms with Crippen LogP contribution in [0.1, 0.15) is 37.4 Å². The maximum atomic E-state index is 9.32. The van der Waals surface area contributed by atoms with Crippen LogP contribution in [0.15, 0.2) is 4.52 Å². The van der Waals surface area contributed by atoms with Crippen molar-refractivity contribution in [1.29, 1.82) is 0 Å². The minimum absolute atomic E-state index is 0.246. The molecule has 6 heteroatoms. The minimum atomic E-state index is 0.246. The van der Waals surface area contributed by atoms with Crippen LogP contribution in [0.25, 0.3) is 0 Å². The van der Waals surface area contributed by atoms with Gasteiger partial charge in [0.25, 0.3) is 0 Å². The molecule has 1 aromatic rings. The van der Waals surface area contributed by atoms with Crippen molar-refractivity contribution < 1.29 is 14.4 Å². The number of ether oxygens (including phenoxy) is 1. The summed E-state index contributed by atoms with van der Waals surface area (Å²) in [4.78, 5) is 4.21. The summed E-state index contributed by atoms with van der Waals surface area (Å²) in [5, 5.41) is 16.5. The van der Waals surface area contributed by atoms with E-state index in [2.05, 4.69) is 15.5 Å². The lowest BCUT2D eigenvalue weighted by Gasteiger charge is -2.30. The molecule has 0 aliphatic heterocycles. The molecule has 1 saturated carbocycles. The molecule has 1 aliphatic carbocycles. The molecule has 0 radical (unpaired) electrons. The zero-order valence-corrected chi connectivity index (χ0v) is 10.8. The third kappa shape index (κ3) is 3.51. The Morgan fingerprint density at radius 3 is 3.06 bits per heavy atom.